The quantitative estimate of drug-likeness (QED) is 0.900. The largest absolute Gasteiger partial charge is 0.354 e. The minimum Gasteiger partial charge on any atom is -0.354 e. The summed E-state index contributed by atoms with van der Waals surface area (Å²) in [7, 11) is 0. The van der Waals surface area contributed by atoms with Gasteiger partial charge >= 0.3 is 0 Å². The topological polar surface area (TPSA) is 69.0 Å². The van der Waals surface area contributed by atoms with E-state index in [1.807, 2.05) is 6.07 Å². The molecule has 1 fully saturated rings. The predicted molar refractivity (Wildman–Crippen MR) is 81.8 cm³/mol. The first-order chi connectivity index (χ1) is 10.1. The van der Waals surface area contributed by atoms with Crippen LogP contribution >= 0.6 is 0 Å². The van der Waals surface area contributed by atoms with E-state index in [0.717, 1.165) is 31.7 Å². The van der Waals surface area contributed by atoms with Crippen LogP contribution < -0.4 is 10.2 Å². The van der Waals surface area contributed by atoms with Gasteiger partial charge in [-0.05, 0) is 30.9 Å². The number of rotatable bonds is 5. The van der Waals surface area contributed by atoms with Gasteiger partial charge in [0.05, 0.1) is 5.56 Å². The lowest BCUT2D eigenvalue weighted by molar-refractivity contribution is -0.121. The van der Waals surface area contributed by atoms with Crippen molar-refractivity contribution in [2.45, 2.75) is 39.2 Å². The molecule has 0 radical (unpaired) electrons. The minimum atomic E-state index is 0.142. The molecule has 0 spiro atoms. The van der Waals surface area contributed by atoms with Crippen LogP contribution in [0.15, 0.2) is 18.3 Å². The molecule has 1 saturated heterocycles. The lowest BCUT2D eigenvalue weighted by atomic mass is 10.1. The van der Waals surface area contributed by atoms with Crippen molar-refractivity contribution in [2.75, 3.05) is 18.0 Å². The molecule has 112 valence electrons. The Kier molecular flexibility index (Phi) is 5.15. The Morgan fingerprint density at radius 1 is 1.57 bits per heavy atom. The van der Waals surface area contributed by atoms with E-state index >= 15 is 0 Å². The number of hydrogen-bond acceptors (Lipinski definition) is 4. The van der Waals surface area contributed by atoms with Crippen molar-refractivity contribution in [1.82, 2.24) is 10.3 Å². The number of hydrogen-bond donors (Lipinski definition) is 1. The smallest absolute Gasteiger partial charge is 0.220 e. The van der Waals surface area contributed by atoms with Crippen LogP contribution in [0.2, 0.25) is 0 Å². The third kappa shape index (κ3) is 4.45. The van der Waals surface area contributed by atoms with Crippen molar-refractivity contribution in [3.8, 4) is 6.07 Å². The summed E-state index contributed by atoms with van der Waals surface area (Å²) in [4.78, 5) is 18.3. The number of amides is 1. The van der Waals surface area contributed by atoms with Crippen molar-refractivity contribution in [3.63, 3.8) is 0 Å². The highest BCUT2D eigenvalue weighted by molar-refractivity contribution is 5.76. The van der Waals surface area contributed by atoms with Gasteiger partial charge in [-0.3, -0.25) is 4.79 Å². The molecule has 1 unspecified atom stereocenters. The Morgan fingerprint density at radius 3 is 3.00 bits per heavy atom. The van der Waals surface area contributed by atoms with Crippen LogP contribution in [0.5, 0.6) is 0 Å². The molecule has 0 aliphatic carbocycles. The van der Waals surface area contributed by atoms with Crippen molar-refractivity contribution < 1.29 is 4.79 Å². The second-order valence-electron chi connectivity index (χ2n) is 5.95. The predicted octanol–water partition coefficient (Wildman–Crippen LogP) is 2.08. The molecular weight excluding hydrogens is 264 g/mol. The summed E-state index contributed by atoms with van der Waals surface area (Å²) < 4.78 is 0. The molecule has 1 amide bonds. The summed E-state index contributed by atoms with van der Waals surface area (Å²) >= 11 is 0. The molecule has 1 aliphatic heterocycles. The molecule has 5 heteroatoms. The van der Waals surface area contributed by atoms with Gasteiger partial charge in [0, 0.05) is 31.7 Å². The average Bonchev–Trinajstić information content (AvgIpc) is 2.93. The minimum absolute atomic E-state index is 0.142. The highest BCUT2D eigenvalue weighted by atomic mass is 16.1. The van der Waals surface area contributed by atoms with Crippen molar-refractivity contribution in [3.05, 3.63) is 23.9 Å². The highest BCUT2D eigenvalue weighted by Gasteiger charge is 2.24. The summed E-state index contributed by atoms with van der Waals surface area (Å²) in [6.45, 7) is 5.92. The molecule has 1 aromatic rings. The van der Waals surface area contributed by atoms with Gasteiger partial charge in [0.1, 0.15) is 11.9 Å². The fraction of sp³-hybridized carbons (Fsp3) is 0.562. The molecule has 0 saturated carbocycles. The second kappa shape index (κ2) is 7.07. The van der Waals surface area contributed by atoms with E-state index in [1.54, 1.807) is 12.3 Å². The zero-order valence-electron chi connectivity index (χ0n) is 12.7. The summed E-state index contributed by atoms with van der Waals surface area (Å²) in [6.07, 6.45) is 4.06. The van der Waals surface area contributed by atoms with Crippen LogP contribution in [-0.2, 0) is 4.79 Å². The standard InChI is InChI=1S/C16H22N4O/c1-12(2)3-6-16(21)19-14-7-8-20(11-14)15-5-4-13(9-17)10-18-15/h4-5,10,12,14H,3,6-8,11H2,1-2H3,(H,19,21). The molecule has 5 nitrogen and oxygen atoms in total. The first-order valence-corrected chi connectivity index (χ1v) is 7.49. The zero-order chi connectivity index (χ0) is 15.2. The number of pyridine rings is 1. The lowest BCUT2D eigenvalue weighted by Crippen LogP contribution is -2.37. The molecule has 1 aliphatic rings. The van der Waals surface area contributed by atoms with Gasteiger partial charge in [0.2, 0.25) is 5.91 Å². The molecular formula is C16H22N4O. The van der Waals surface area contributed by atoms with Gasteiger partial charge < -0.3 is 10.2 Å². The molecule has 1 N–H and O–H groups in total. The maximum Gasteiger partial charge on any atom is 0.220 e. The van der Waals surface area contributed by atoms with Gasteiger partial charge in [-0.25, -0.2) is 4.98 Å². The lowest BCUT2D eigenvalue weighted by Gasteiger charge is -2.18. The molecule has 2 rings (SSSR count). The van der Waals surface area contributed by atoms with Gasteiger partial charge in [0.15, 0.2) is 0 Å². The number of anilines is 1. The molecule has 0 aromatic carbocycles. The van der Waals surface area contributed by atoms with Crippen molar-refractivity contribution >= 4 is 11.7 Å². The molecule has 21 heavy (non-hydrogen) atoms. The van der Waals surface area contributed by atoms with Gasteiger partial charge in [-0.1, -0.05) is 13.8 Å². The summed E-state index contributed by atoms with van der Waals surface area (Å²) in [5, 5.41) is 11.9. The van der Waals surface area contributed by atoms with E-state index in [-0.39, 0.29) is 11.9 Å². The summed E-state index contributed by atoms with van der Waals surface area (Å²) in [6, 6.07) is 5.90. The highest BCUT2D eigenvalue weighted by Crippen LogP contribution is 2.18. The first-order valence-electron chi connectivity index (χ1n) is 7.49. The number of nitrogens with one attached hydrogen (secondary N) is 1. The molecule has 1 aromatic heterocycles. The van der Waals surface area contributed by atoms with Crippen molar-refractivity contribution in [2.24, 2.45) is 5.92 Å². The van der Waals surface area contributed by atoms with E-state index in [0.29, 0.717) is 17.9 Å². The fourth-order valence-electron chi connectivity index (χ4n) is 2.45. The average molecular weight is 286 g/mol. The first kappa shape index (κ1) is 15.3. The third-order valence-electron chi connectivity index (χ3n) is 3.70. The fourth-order valence-corrected chi connectivity index (χ4v) is 2.45. The number of carbonyl (C=O) groups is 1. The maximum absolute atomic E-state index is 11.8. The van der Waals surface area contributed by atoms with E-state index in [4.69, 9.17) is 5.26 Å². The number of nitrogens with zero attached hydrogens (tertiary/aromatic N) is 3. The monoisotopic (exact) mass is 286 g/mol. The third-order valence-corrected chi connectivity index (χ3v) is 3.70. The van der Waals surface area contributed by atoms with Crippen LogP contribution in [0, 0.1) is 17.2 Å². The van der Waals surface area contributed by atoms with Crippen LogP contribution in [0.25, 0.3) is 0 Å². The number of nitriles is 1. The molecule has 0 bridgehead atoms. The number of carbonyl (C=O) groups excluding carboxylic acids is 1. The van der Waals surface area contributed by atoms with E-state index < -0.39 is 0 Å². The normalized spacial score (nSPS) is 17.8. The van der Waals surface area contributed by atoms with Gasteiger partial charge in [0.25, 0.3) is 0 Å². The van der Waals surface area contributed by atoms with Crippen LogP contribution in [0.4, 0.5) is 5.82 Å². The van der Waals surface area contributed by atoms with Crippen LogP contribution in [0.1, 0.15) is 38.7 Å². The van der Waals surface area contributed by atoms with E-state index in [2.05, 4.69) is 35.1 Å². The summed E-state index contributed by atoms with van der Waals surface area (Å²) in [5.74, 6) is 1.56. The Labute approximate surface area is 126 Å². The Bertz CT molecular complexity index is 518. The van der Waals surface area contributed by atoms with Crippen LogP contribution in [0.3, 0.4) is 0 Å². The Hall–Kier alpha value is -2.09. The molecule has 2 heterocycles. The Morgan fingerprint density at radius 2 is 2.38 bits per heavy atom. The summed E-state index contributed by atoms with van der Waals surface area (Å²) in [5.41, 5.74) is 0.566. The maximum atomic E-state index is 11.8. The zero-order valence-corrected chi connectivity index (χ0v) is 12.7. The second-order valence-corrected chi connectivity index (χ2v) is 5.95. The van der Waals surface area contributed by atoms with Crippen molar-refractivity contribution in [1.29, 1.82) is 5.26 Å². The number of aromatic nitrogens is 1. The van der Waals surface area contributed by atoms with Gasteiger partial charge in [-0.2, -0.15) is 5.26 Å². The van der Waals surface area contributed by atoms with Gasteiger partial charge in [-0.15, -0.1) is 0 Å². The van der Waals surface area contributed by atoms with E-state index in [9.17, 15) is 4.79 Å². The Balaban J connectivity index is 1.82. The van der Waals surface area contributed by atoms with E-state index in [1.165, 1.54) is 0 Å². The SMILES string of the molecule is CC(C)CCC(=O)NC1CCN(c2ccc(C#N)cn2)C1. The van der Waals surface area contributed by atoms with Crippen LogP contribution in [-0.4, -0.2) is 30.0 Å². The molecule has 1 atom stereocenters.